The molecule has 11 aromatic carbocycles. The second-order valence-corrected chi connectivity index (χ2v) is 29.7. The van der Waals surface area contributed by atoms with Crippen LogP contribution >= 0.6 is 9.90 Å². The molecule has 686 valence electrons. The maximum absolute atomic E-state index is 10.0. The van der Waals surface area contributed by atoms with Crippen molar-refractivity contribution in [2.24, 2.45) is 0 Å². The van der Waals surface area contributed by atoms with Crippen molar-refractivity contribution in [1.29, 1.82) is 0 Å². The number of hydrogen-bond acceptors (Lipinski definition) is 15. The van der Waals surface area contributed by atoms with Gasteiger partial charge in [0.1, 0.15) is 0 Å². The van der Waals surface area contributed by atoms with E-state index < -0.39 is 0 Å². The number of allylic oxidation sites excluding steroid dienone is 8. The SMILES string of the molecule is CC(=O)C=C(C)O.CC(=O)C=C(C)O.CC(=O)C=C(C)O.CC(=O)C=C(C)O.CC(C)(C)c1c[c-]c(-c2nccc3ccccc23)cc1.P.[Ir].[Ir].[Ir].[Ir].[Ir].[Ir].[c-]1ccccc1-c1ccc2ccccc2n1.[c-]1ccccc1-c1nc2c(nc1-c1ccccc1)CCCC2.[c-]1ccccc1-c1nc2ccccc2nc1-c1ccccc1.[c-]1ccccc1-c1nccc2ccccc12. The first-order valence-electron chi connectivity index (χ1n) is 40.5. The molecule has 1 aliphatic carbocycles. The molecule has 6 radical (unpaired) electrons. The number of carbonyl (C=O) groups excluding carboxylic acids is 4. The molecule has 22 heteroatoms. The van der Waals surface area contributed by atoms with E-state index in [4.69, 9.17) is 40.4 Å². The fourth-order valence-electron chi connectivity index (χ4n) is 12.7. The van der Waals surface area contributed by atoms with E-state index in [1.165, 1.54) is 131 Å². The first-order chi connectivity index (χ1) is 59.8. The van der Waals surface area contributed by atoms with Crippen LogP contribution in [-0.4, -0.2) is 78.4 Å². The number of para-hydroxylation sites is 3. The summed E-state index contributed by atoms with van der Waals surface area (Å²) in [6.45, 7) is 18.0. The fraction of sp³-hybridized carbons (Fsp3) is 0.147. The van der Waals surface area contributed by atoms with Crippen molar-refractivity contribution in [3.63, 3.8) is 0 Å². The number of aliphatic hydroxyl groups excluding tert-OH is 4. The molecule has 1 unspecified atom stereocenters. The van der Waals surface area contributed by atoms with Gasteiger partial charge in [0.25, 0.3) is 0 Å². The summed E-state index contributed by atoms with van der Waals surface area (Å²) in [5.74, 6) is -0.250. The van der Waals surface area contributed by atoms with Crippen LogP contribution in [0.15, 0.2) is 357 Å². The molecule has 0 spiro atoms. The number of aryl methyl sites for hydroxylation is 2. The normalized spacial score (nSPS) is 10.9. The van der Waals surface area contributed by atoms with E-state index in [0.717, 1.165) is 114 Å². The van der Waals surface area contributed by atoms with Gasteiger partial charge in [0, 0.05) is 169 Å². The molecule has 5 heterocycles. The summed E-state index contributed by atoms with van der Waals surface area (Å²) in [5.41, 5.74) is 20.6. The third kappa shape index (κ3) is 38.9. The van der Waals surface area contributed by atoms with Crippen molar-refractivity contribution in [3.8, 4) is 78.8 Å². The summed E-state index contributed by atoms with van der Waals surface area (Å²) in [7, 11) is 0. The van der Waals surface area contributed by atoms with E-state index in [-0.39, 0.29) is 182 Å². The molecular formula is C109H103Ir6N7O8P-5. The van der Waals surface area contributed by atoms with Crippen LogP contribution in [0.4, 0.5) is 0 Å². The second-order valence-electron chi connectivity index (χ2n) is 29.7. The number of benzene rings is 11. The Balaban J connectivity index is 0.000000512. The second kappa shape index (κ2) is 61.1. The smallest absolute Gasteiger partial charge is 0.155 e. The number of hydrogen-bond donors (Lipinski definition) is 4. The maximum atomic E-state index is 10.0. The van der Waals surface area contributed by atoms with Gasteiger partial charge in [0.2, 0.25) is 0 Å². The van der Waals surface area contributed by atoms with Gasteiger partial charge < -0.3 is 30.4 Å². The quantitative estimate of drug-likeness (QED) is 0.0407. The average molecular weight is 2820 g/mol. The minimum atomic E-state index is -0.125. The number of aromatic nitrogens is 7. The van der Waals surface area contributed by atoms with Gasteiger partial charge in [-0.1, -0.05) is 172 Å². The van der Waals surface area contributed by atoms with Gasteiger partial charge in [-0.15, -0.1) is 179 Å². The molecule has 0 saturated heterocycles. The van der Waals surface area contributed by atoms with E-state index in [0.29, 0.717) is 0 Å². The minimum Gasteiger partial charge on any atom is -0.512 e. The molecule has 4 N–H and O–H groups in total. The van der Waals surface area contributed by atoms with Crippen LogP contribution in [-0.2, 0) is 158 Å². The van der Waals surface area contributed by atoms with Crippen molar-refractivity contribution in [1.82, 2.24) is 34.9 Å². The molecule has 131 heavy (non-hydrogen) atoms. The number of pyridine rings is 3. The zero-order valence-corrected chi connectivity index (χ0v) is 90.1. The van der Waals surface area contributed by atoms with Crippen LogP contribution in [0.3, 0.4) is 0 Å². The van der Waals surface area contributed by atoms with Crippen LogP contribution in [0, 0.1) is 30.3 Å². The summed E-state index contributed by atoms with van der Waals surface area (Å²) in [6.07, 6.45) is 12.9. The van der Waals surface area contributed by atoms with E-state index in [9.17, 15) is 19.2 Å². The molecule has 0 aliphatic heterocycles. The van der Waals surface area contributed by atoms with E-state index in [1.807, 2.05) is 200 Å². The standard InChI is InChI=1S/C20H17N2.C20H13N2.C19H18N.2C15H10N.4C5H8O2.6Ir.H3P/c2*1-3-9-15(10-4-1)19-20(16-11-5-2-6-12-16)22-18-14-8-7-13-17(18)21-19;1-19(2,3)16-10-8-15(9-11-16)18-17-7-5-4-6-14(17)12-13-20-18;1-2-7-13(8-3-1)15-14-9-5-4-6-12(14)10-11-16-15;1-2-6-12(7-3-1)15-11-10-13-8-4-5-9-14(13)16-15;4*1-4(6)3-5(2)7;;;;;;;/h1-6,9-11H,7-8,13-14H2;1-11,13-14H;4-8,10-13H,1-3H3;1-7,9-11H;1-6,8-11H;4*3,6H,1-2H3;;;;;;;1H3/q5*-1;;;;;;;;;;;. The molecule has 1 atom stereocenters. The molecular weight excluding hydrogens is 2720 g/mol. The summed E-state index contributed by atoms with van der Waals surface area (Å²) in [6, 6.07) is 116. The summed E-state index contributed by atoms with van der Waals surface area (Å²) in [4.78, 5) is 73.3. The van der Waals surface area contributed by atoms with Crippen molar-refractivity contribution in [2.75, 3.05) is 0 Å². The van der Waals surface area contributed by atoms with Crippen molar-refractivity contribution < 1.29 is 160 Å². The molecule has 0 fully saturated rings. The van der Waals surface area contributed by atoms with Gasteiger partial charge in [-0.25, -0.2) is 0 Å². The molecule has 17 rings (SSSR count). The first-order valence-corrected chi connectivity index (χ1v) is 40.5. The molecule has 0 amide bonds. The largest absolute Gasteiger partial charge is 0.512 e. The Labute approximate surface area is 853 Å². The Morgan fingerprint density at radius 2 is 0.626 bits per heavy atom. The number of nitrogens with zero attached hydrogens (tertiary/aromatic N) is 7. The number of carbonyl (C=O) groups is 4. The van der Waals surface area contributed by atoms with Gasteiger partial charge in [-0.3, -0.25) is 44.1 Å². The van der Waals surface area contributed by atoms with E-state index >= 15 is 0 Å². The molecule has 0 bridgehead atoms. The monoisotopic (exact) mass is 2830 g/mol. The predicted molar refractivity (Wildman–Crippen MR) is 514 cm³/mol. The summed E-state index contributed by atoms with van der Waals surface area (Å²) < 4.78 is 0. The van der Waals surface area contributed by atoms with Crippen molar-refractivity contribution in [3.05, 3.63) is 404 Å². The predicted octanol–water partition coefficient (Wildman–Crippen LogP) is 25.8. The van der Waals surface area contributed by atoms with Gasteiger partial charge in [-0.05, 0) is 172 Å². The van der Waals surface area contributed by atoms with Gasteiger partial charge in [0.05, 0.1) is 62.4 Å². The molecule has 16 aromatic rings. The molecule has 5 aromatic heterocycles. The van der Waals surface area contributed by atoms with Crippen LogP contribution in [0.1, 0.15) is 106 Å². The first kappa shape index (κ1) is 116. The number of fused-ring (bicyclic) bond motifs is 5. The number of ketones is 4. The molecule has 0 saturated carbocycles. The Morgan fingerprint density at radius 1 is 0.305 bits per heavy atom. The Kier molecular flexibility index (Phi) is 54.2. The Bertz CT molecular complexity index is 6050. The molecule has 1 aliphatic rings. The molecule has 15 nitrogen and oxygen atoms in total. The number of rotatable bonds is 11. The van der Waals surface area contributed by atoms with Crippen molar-refractivity contribution >= 4 is 76.5 Å². The van der Waals surface area contributed by atoms with Crippen LogP contribution in [0.25, 0.3) is 122 Å². The topological polar surface area (TPSA) is 239 Å². The van der Waals surface area contributed by atoms with Gasteiger partial charge in [0.15, 0.2) is 23.1 Å². The third-order valence-electron chi connectivity index (χ3n) is 18.2. The summed E-state index contributed by atoms with van der Waals surface area (Å²) >= 11 is 0. The van der Waals surface area contributed by atoms with E-state index in [1.54, 1.807) is 0 Å². The summed E-state index contributed by atoms with van der Waals surface area (Å²) in [5, 5.41) is 39.4. The zero-order chi connectivity index (χ0) is 88.8. The van der Waals surface area contributed by atoms with Crippen LogP contribution in [0.5, 0.6) is 0 Å². The Hall–Kier alpha value is -10.8. The van der Waals surface area contributed by atoms with Crippen molar-refractivity contribution in [2.45, 2.75) is 107 Å². The third-order valence-corrected chi connectivity index (χ3v) is 18.2. The number of aliphatic hydroxyl groups is 4. The van der Waals surface area contributed by atoms with Gasteiger partial charge in [-0.2, -0.15) is 9.90 Å². The maximum Gasteiger partial charge on any atom is 0.155 e. The zero-order valence-electron chi connectivity index (χ0n) is 74.3. The van der Waals surface area contributed by atoms with E-state index in [2.05, 4.69) is 175 Å². The van der Waals surface area contributed by atoms with Crippen LogP contribution in [0.2, 0.25) is 0 Å². The van der Waals surface area contributed by atoms with Crippen LogP contribution < -0.4 is 0 Å². The minimum absolute atomic E-state index is 0. The van der Waals surface area contributed by atoms with Gasteiger partial charge >= 0.3 is 0 Å². The Morgan fingerprint density at radius 3 is 0.985 bits per heavy atom. The average Bonchev–Trinajstić information content (AvgIpc) is 0.778. The fourth-order valence-corrected chi connectivity index (χ4v) is 12.7.